The van der Waals surface area contributed by atoms with E-state index in [2.05, 4.69) is 18.2 Å². The van der Waals surface area contributed by atoms with Gasteiger partial charge < -0.3 is 5.73 Å². The monoisotopic (exact) mass is 326 g/mol. The number of halogens is 2. The molecule has 0 amide bonds. The Morgan fingerprint density at radius 2 is 1.73 bits per heavy atom. The molecule has 0 aromatic heterocycles. The van der Waals surface area contributed by atoms with Crippen LogP contribution in [-0.4, -0.2) is 0 Å². The van der Waals surface area contributed by atoms with Crippen LogP contribution >= 0.6 is 23.2 Å². The molecule has 109 valence electrons. The third-order valence-corrected chi connectivity index (χ3v) is 4.09. The first-order valence-corrected chi connectivity index (χ1v) is 7.68. The van der Waals surface area contributed by atoms with E-state index in [9.17, 15) is 0 Å². The molecule has 3 aromatic carbocycles. The lowest BCUT2D eigenvalue weighted by molar-refractivity contribution is 1.20. The molecule has 0 atom stereocenters. The Morgan fingerprint density at radius 1 is 0.955 bits per heavy atom. The molecule has 0 saturated heterocycles. The van der Waals surface area contributed by atoms with Crippen LogP contribution in [0.2, 0.25) is 10.0 Å². The van der Waals surface area contributed by atoms with Crippen molar-refractivity contribution in [3.63, 3.8) is 0 Å². The fourth-order valence-corrected chi connectivity index (χ4v) is 2.97. The van der Waals surface area contributed by atoms with Gasteiger partial charge in [0, 0.05) is 16.3 Å². The van der Waals surface area contributed by atoms with E-state index in [0.29, 0.717) is 15.7 Å². The smallest absolute Gasteiger partial charge is 0.0511 e. The van der Waals surface area contributed by atoms with Crippen LogP contribution in [0, 0.1) is 6.07 Å². The molecule has 0 fully saturated rings. The van der Waals surface area contributed by atoms with Crippen LogP contribution in [0.25, 0.3) is 11.1 Å². The van der Waals surface area contributed by atoms with Crippen molar-refractivity contribution in [3.05, 3.63) is 87.9 Å². The lowest BCUT2D eigenvalue weighted by atomic mass is 9.94. The molecule has 22 heavy (non-hydrogen) atoms. The predicted octanol–water partition coefficient (Wildman–Crippen LogP) is 5.63. The van der Waals surface area contributed by atoms with Gasteiger partial charge in [-0.15, -0.1) is 0 Å². The van der Waals surface area contributed by atoms with E-state index >= 15 is 0 Å². The van der Waals surface area contributed by atoms with Crippen LogP contribution in [0.1, 0.15) is 11.1 Å². The Kier molecular flexibility index (Phi) is 4.37. The molecular weight excluding hydrogens is 313 g/mol. The molecule has 0 spiro atoms. The van der Waals surface area contributed by atoms with Gasteiger partial charge in [0.15, 0.2) is 0 Å². The molecule has 0 bridgehead atoms. The van der Waals surface area contributed by atoms with E-state index in [1.807, 2.05) is 36.4 Å². The normalized spacial score (nSPS) is 10.6. The van der Waals surface area contributed by atoms with Gasteiger partial charge in [0.2, 0.25) is 0 Å². The fourth-order valence-electron chi connectivity index (χ4n) is 2.52. The maximum Gasteiger partial charge on any atom is 0.0511 e. The highest BCUT2D eigenvalue weighted by Gasteiger charge is 2.13. The summed E-state index contributed by atoms with van der Waals surface area (Å²) in [7, 11) is 0. The lowest BCUT2D eigenvalue weighted by Gasteiger charge is -2.14. The largest absolute Gasteiger partial charge is 0.398 e. The van der Waals surface area contributed by atoms with Crippen LogP contribution in [0.3, 0.4) is 0 Å². The number of rotatable bonds is 3. The molecular formula is C19H14Cl2N. The van der Waals surface area contributed by atoms with Gasteiger partial charge in [-0.25, -0.2) is 0 Å². The number of benzene rings is 3. The minimum atomic E-state index is 0.580. The minimum absolute atomic E-state index is 0.580. The molecule has 1 nitrogen and oxygen atoms in total. The first-order valence-electron chi connectivity index (χ1n) is 6.93. The summed E-state index contributed by atoms with van der Waals surface area (Å²) < 4.78 is 0. The molecule has 0 unspecified atom stereocenters. The highest BCUT2D eigenvalue weighted by atomic mass is 35.5. The summed E-state index contributed by atoms with van der Waals surface area (Å²) in [5.41, 5.74) is 10.8. The quantitative estimate of drug-likeness (QED) is 0.620. The van der Waals surface area contributed by atoms with Crippen molar-refractivity contribution in [2.75, 3.05) is 5.73 Å². The fraction of sp³-hybridized carbons (Fsp3) is 0.0526. The van der Waals surface area contributed by atoms with Gasteiger partial charge in [-0.05, 0) is 53.4 Å². The van der Waals surface area contributed by atoms with Crippen molar-refractivity contribution < 1.29 is 0 Å². The lowest BCUT2D eigenvalue weighted by Crippen LogP contribution is -1.96. The standard InChI is InChI=1S/C19H14Cl2N/c20-15-10-9-14(11-13-5-2-1-3-6-13)16(12-15)19-17(21)7-4-8-18(19)22/h1-3,5-10,12H,11,22H2. The highest BCUT2D eigenvalue weighted by Crippen LogP contribution is 2.37. The van der Waals surface area contributed by atoms with Crippen molar-refractivity contribution in [3.8, 4) is 11.1 Å². The molecule has 3 heteroatoms. The zero-order valence-corrected chi connectivity index (χ0v) is 13.3. The van der Waals surface area contributed by atoms with Crippen LogP contribution < -0.4 is 5.73 Å². The second-order valence-electron chi connectivity index (χ2n) is 5.10. The average molecular weight is 327 g/mol. The van der Waals surface area contributed by atoms with Crippen LogP contribution in [0.15, 0.2) is 60.7 Å². The van der Waals surface area contributed by atoms with Gasteiger partial charge in [-0.2, -0.15) is 0 Å². The van der Waals surface area contributed by atoms with E-state index in [1.165, 1.54) is 5.56 Å². The summed E-state index contributed by atoms with van der Waals surface area (Å²) in [5, 5.41) is 1.24. The van der Waals surface area contributed by atoms with Crippen molar-refractivity contribution in [2.45, 2.75) is 6.42 Å². The Labute approximate surface area is 140 Å². The van der Waals surface area contributed by atoms with Gasteiger partial charge in [0.25, 0.3) is 0 Å². The summed E-state index contributed by atoms with van der Waals surface area (Å²) in [6, 6.07) is 22.5. The number of hydrogen-bond acceptors (Lipinski definition) is 1. The van der Waals surface area contributed by atoms with Crippen molar-refractivity contribution in [1.29, 1.82) is 0 Å². The molecule has 3 rings (SSSR count). The van der Waals surface area contributed by atoms with Gasteiger partial charge in [-0.3, -0.25) is 0 Å². The summed E-state index contributed by atoms with van der Waals surface area (Å²) in [6.45, 7) is 0. The zero-order chi connectivity index (χ0) is 15.5. The number of nitrogen functional groups attached to an aromatic ring is 1. The molecule has 0 aliphatic heterocycles. The molecule has 0 aliphatic carbocycles. The minimum Gasteiger partial charge on any atom is -0.398 e. The molecule has 1 radical (unpaired) electrons. The Balaban J connectivity index is 2.13. The van der Waals surface area contributed by atoms with Gasteiger partial charge in [0.05, 0.1) is 5.02 Å². The van der Waals surface area contributed by atoms with Crippen molar-refractivity contribution in [2.24, 2.45) is 0 Å². The molecule has 3 aromatic rings. The van der Waals surface area contributed by atoms with E-state index in [-0.39, 0.29) is 0 Å². The molecule has 0 heterocycles. The van der Waals surface area contributed by atoms with E-state index in [0.717, 1.165) is 23.1 Å². The van der Waals surface area contributed by atoms with Crippen molar-refractivity contribution in [1.82, 2.24) is 0 Å². The molecule has 0 saturated carbocycles. The third kappa shape index (κ3) is 3.11. The summed E-state index contributed by atoms with van der Waals surface area (Å²) >= 11 is 12.5. The second-order valence-corrected chi connectivity index (χ2v) is 5.94. The van der Waals surface area contributed by atoms with Gasteiger partial charge >= 0.3 is 0 Å². The van der Waals surface area contributed by atoms with Gasteiger partial charge in [-0.1, -0.05) is 59.6 Å². The van der Waals surface area contributed by atoms with Crippen LogP contribution in [-0.2, 0) is 6.42 Å². The molecule has 0 aliphatic rings. The van der Waals surface area contributed by atoms with E-state index in [4.69, 9.17) is 28.9 Å². The Bertz CT molecular complexity index is 778. The van der Waals surface area contributed by atoms with Crippen LogP contribution in [0.5, 0.6) is 0 Å². The third-order valence-electron chi connectivity index (χ3n) is 3.56. The maximum absolute atomic E-state index is 6.34. The second kappa shape index (κ2) is 6.43. The zero-order valence-electron chi connectivity index (χ0n) is 11.8. The number of anilines is 1. The topological polar surface area (TPSA) is 26.0 Å². The van der Waals surface area contributed by atoms with E-state index < -0.39 is 0 Å². The summed E-state index contributed by atoms with van der Waals surface area (Å²) in [5.74, 6) is 0. The van der Waals surface area contributed by atoms with Gasteiger partial charge in [0.1, 0.15) is 0 Å². The number of hydrogen-bond donors (Lipinski definition) is 1. The highest BCUT2D eigenvalue weighted by molar-refractivity contribution is 6.34. The maximum atomic E-state index is 6.34. The number of nitrogens with two attached hydrogens (primary N) is 1. The van der Waals surface area contributed by atoms with E-state index in [1.54, 1.807) is 12.1 Å². The van der Waals surface area contributed by atoms with Crippen molar-refractivity contribution >= 4 is 28.9 Å². The molecule has 2 N–H and O–H groups in total. The van der Waals surface area contributed by atoms with Crippen LogP contribution in [0.4, 0.5) is 5.69 Å². The SMILES string of the molecule is Nc1c[c]cc(Cl)c1-c1cc(Cl)ccc1Cc1ccccc1. The Hall–Kier alpha value is -1.96. The summed E-state index contributed by atoms with van der Waals surface area (Å²) in [4.78, 5) is 0. The first-order chi connectivity index (χ1) is 10.6. The Morgan fingerprint density at radius 3 is 2.45 bits per heavy atom. The average Bonchev–Trinajstić information content (AvgIpc) is 2.51. The first kappa shape index (κ1) is 15.0. The summed E-state index contributed by atoms with van der Waals surface area (Å²) in [6.07, 6.45) is 0.793. The predicted molar refractivity (Wildman–Crippen MR) is 94.4 cm³/mol.